The maximum atomic E-state index is 12.7. The second-order valence-electron chi connectivity index (χ2n) is 5.76. The first-order valence-electron chi connectivity index (χ1n) is 8.04. The summed E-state index contributed by atoms with van der Waals surface area (Å²) >= 11 is 0.984. The van der Waals surface area contributed by atoms with Crippen LogP contribution in [0.15, 0.2) is 41.7 Å². The third kappa shape index (κ3) is 3.92. The molecule has 3 aromatic rings. The molecule has 0 spiro atoms. The number of thiophene rings is 1. The first-order chi connectivity index (χ1) is 13.8. The van der Waals surface area contributed by atoms with Crippen LogP contribution in [0.3, 0.4) is 0 Å². The normalized spacial score (nSPS) is 11.4. The van der Waals surface area contributed by atoms with Crippen molar-refractivity contribution in [2.75, 3.05) is 10.6 Å². The quantitative estimate of drug-likeness (QED) is 0.244. The van der Waals surface area contributed by atoms with Crippen LogP contribution in [0.2, 0.25) is 0 Å². The fourth-order valence-electron chi connectivity index (χ4n) is 2.46. The zero-order chi connectivity index (χ0) is 21.1. The van der Waals surface area contributed by atoms with Gasteiger partial charge in [0.05, 0.1) is 16.6 Å². The number of amides is 2. The van der Waals surface area contributed by atoms with Crippen LogP contribution in [0.5, 0.6) is 0 Å². The number of benzene rings is 1. The van der Waals surface area contributed by atoms with Crippen LogP contribution in [-0.4, -0.2) is 38.2 Å². The first kappa shape index (κ1) is 19.6. The molecule has 0 atom stereocenters. The summed E-state index contributed by atoms with van der Waals surface area (Å²) in [5.41, 5.74) is -0.278. The van der Waals surface area contributed by atoms with Gasteiger partial charge in [0.1, 0.15) is 21.5 Å². The highest BCUT2D eigenvalue weighted by Crippen LogP contribution is 2.29. The minimum absolute atomic E-state index is 0.0820. The number of carbonyl (C=O) groups is 3. The van der Waals surface area contributed by atoms with E-state index in [9.17, 15) is 19.5 Å². The van der Waals surface area contributed by atoms with Crippen molar-refractivity contribution >= 4 is 50.8 Å². The van der Waals surface area contributed by atoms with Crippen molar-refractivity contribution in [1.82, 2.24) is 10.2 Å². The number of anilines is 2. The molecule has 0 saturated heterocycles. The Bertz CT molecular complexity index is 1210. The largest absolute Gasteiger partial charge is 0.511 e. The Labute approximate surface area is 167 Å². The van der Waals surface area contributed by atoms with Gasteiger partial charge in [0.15, 0.2) is 11.4 Å². The maximum absolute atomic E-state index is 12.7. The number of nitrogens with zero attached hydrogens (tertiary/aromatic N) is 2. The summed E-state index contributed by atoms with van der Waals surface area (Å²) in [5.74, 6) is -2.87. The van der Waals surface area contributed by atoms with E-state index in [1.807, 2.05) is 0 Å². The average Bonchev–Trinajstić information content (AvgIpc) is 3.24. The molecule has 0 aliphatic rings. The van der Waals surface area contributed by atoms with E-state index < -0.39 is 29.1 Å². The summed E-state index contributed by atoms with van der Waals surface area (Å²) in [6.07, 6.45) is 0. The van der Waals surface area contributed by atoms with Crippen LogP contribution in [0.1, 0.15) is 27.0 Å². The summed E-state index contributed by atoms with van der Waals surface area (Å²) in [6, 6.07) is 9.06. The van der Waals surface area contributed by atoms with Gasteiger partial charge in [-0.1, -0.05) is 12.1 Å². The van der Waals surface area contributed by atoms with E-state index in [4.69, 9.17) is 10.4 Å². The fraction of sp³-hybridized carbons (Fsp3) is 0.0556. The van der Waals surface area contributed by atoms with Gasteiger partial charge >= 0.3 is 5.97 Å². The molecule has 0 aliphatic heterocycles. The van der Waals surface area contributed by atoms with Crippen molar-refractivity contribution in [3.05, 3.63) is 52.1 Å². The summed E-state index contributed by atoms with van der Waals surface area (Å²) in [5, 5.41) is 39.5. The van der Waals surface area contributed by atoms with E-state index in [0.29, 0.717) is 10.2 Å². The standard InChI is InChI=1S/C18H13N5O5S/c1-8(24)11(7-19)16(26)20-12-5-3-2-4-9(12)15(25)21-14-10-6-13(18(27)28)29-17(10)23-22-14/h2-6,24H,1H3,(H,20,26)(H,27,28)(H2,21,22,23,25)/b11-8+. The highest BCUT2D eigenvalue weighted by Gasteiger charge is 2.20. The molecule has 1 aromatic carbocycles. The van der Waals surface area contributed by atoms with E-state index in [0.717, 1.165) is 11.3 Å². The van der Waals surface area contributed by atoms with E-state index in [2.05, 4.69) is 20.8 Å². The van der Waals surface area contributed by atoms with Crippen molar-refractivity contribution in [3.63, 3.8) is 0 Å². The van der Waals surface area contributed by atoms with Gasteiger partial charge in [-0.3, -0.25) is 14.7 Å². The summed E-state index contributed by atoms with van der Waals surface area (Å²) < 4.78 is 0. The number of carboxylic acids is 1. The minimum Gasteiger partial charge on any atom is -0.511 e. The number of H-pyrrole nitrogens is 1. The smallest absolute Gasteiger partial charge is 0.345 e. The Morgan fingerprint density at radius 2 is 1.93 bits per heavy atom. The number of aromatic nitrogens is 2. The molecule has 29 heavy (non-hydrogen) atoms. The SMILES string of the molecule is C/C(O)=C(/C#N)C(=O)Nc1ccccc1C(=O)Nc1n[nH]c2sc(C(=O)O)cc12. The number of aromatic amines is 1. The van der Waals surface area contributed by atoms with Crippen LogP contribution in [0, 0.1) is 11.3 Å². The molecular weight excluding hydrogens is 398 g/mol. The van der Waals surface area contributed by atoms with E-state index in [1.54, 1.807) is 18.2 Å². The third-order valence-corrected chi connectivity index (χ3v) is 4.85. The lowest BCUT2D eigenvalue weighted by molar-refractivity contribution is -0.112. The maximum Gasteiger partial charge on any atom is 0.345 e. The van der Waals surface area contributed by atoms with Gasteiger partial charge in [-0.25, -0.2) is 4.79 Å². The molecule has 0 saturated carbocycles. The molecule has 0 bridgehead atoms. The molecule has 10 nitrogen and oxygen atoms in total. The number of aliphatic hydroxyl groups is 1. The summed E-state index contributed by atoms with van der Waals surface area (Å²) in [4.78, 5) is 36.6. The Hall–Kier alpha value is -4.17. The predicted molar refractivity (Wildman–Crippen MR) is 105 cm³/mol. The van der Waals surface area contributed by atoms with E-state index in [-0.39, 0.29) is 21.9 Å². The van der Waals surface area contributed by atoms with Crippen LogP contribution in [0.4, 0.5) is 11.5 Å². The van der Waals surface area contributed by atoms with Crippen molar-refractivity contribution < 1.29 is 24.6 Å². The number of hydrogen-bond donors (Lipinski definition) is 5. The molecule has 2 aromatic heterocycles. The number of fused-ring (bicyclic) bond motifs is 1. The van der Waals surface area contributed by atoms with E-state index >= 15 is 0 Å². The Balaban J connectivity index is 1.88. The van der Waals surface area contributed by atoms with Gasteiger partial charge in [0.2, 0.25) is 0 Å². The van der Waals surface area contributed by atoms with Crippen LogP contribution in [-0.2, 0) is 4.79 Å². The third-order valence-electron chi connectivity index (χ3n) is 3.82. The van der Waals surface area contributed by atoms with Crippen molar-refractivity contribution in [3.8, 4) is 6.07 Å². The topological polar surface area (TPSA) is 168 Å². The highest BCUT2D eigenvalue weighted by molar-refractivity contribution is 7.20. The Morgan fingerprint density at radius 3 is 2.59 bits per heavy atom. The lowest BCUT2D eigenvalue weighted by atomic mass is 10.1. The summed E-state index contributed by atoms with van der Waals surface area (Å²) in [7, 11) is 0. The van der Waals surface area contributed by atoms with Gasteiger partial charge in [0.25, 0.3) is 11.8 Å². The number of carboxylic acid groups (broad SMARTS) is 1. The molecule has 11 heteroatoms. The number of carbonyl (C=O) groups excluding carboxylic acids is 2. The molecule has 2 amide bonds. The Morgan fingerprint density at radius 1 is 1.21 bits per heavy atom. The van der Waals surface area contributed by atoms with Gasteiger partial charge < -0.3 is 20.8 Å². The van der Waals surface area contributed by atoms with Gasteiger partial charge in [-0.15, -0.1) is 11.3 Å². The fourth-order valence-corrected chi connectivity index (χ4v) is 3.30. The molecular formula is C18H13N5O5S. The molecule has 0 fully saturated rings. The molecule has 146 valence electrons. The molecule has 2 heterocycles. The zero-order valence-electron chi connectivity index (χ0n) is 14.8. The Kier molecular flexibility index (Phi) is 5.29. The van der Waals surface area contributed by atoms with Crippen LogP contribution in [0.25, 0.3) is 10.2 Å². The zero-order valence-corrected chi connectivity index (χ0v) is 15.6. The number of hydrogen-bond acceptors (Lipinski definition) is 7. The minimum atomic E-state index is -1.09. The van der Waals surface area contributed by atoms with Gasteiger partial charge in [-0.2, -0.15) is 10.4 Å². The number of aromatic carboxylic acids is 1. The molecule has 3 rings (SSSR count). The number of para-hydroxylation sites is 1. The second kappa shape index (κ2) is 7.83. The van der Waals surface area contributed by atoms with Crippen molar-refractivity contribution in [1.29, 1.82) is 5.26 Å². The van der Waals surface area contributed by atoms with Gasteiger partial charge in [-0.05, 0) is 25.1 Å². The number of nitrogens with one attached hydrogen (secondary N) is 3. The number of aliphatic hydroxyl groups excluding tert-OH is 1. The number of allylic oxidation sites excluding steroid dienone is 1. The number of nitriles is 1. The predicted octanol–water partition coefficient (Wildman–Crippen LogP) is 2.87. The lowest BCUT2D eigenvalue weighted by Crippen LogP contribution is -2.19. The van der Waals surface area contributed by atoms with Crippen molar-refractivity contribution in [2.45, 2.75) is 6.92 Å². The molecule has 0 unspecified atom stereocenters. The van der Waals surface area contributed by atoms with Crippen LogP contribution < -0.4 is 10.6 Å². The van der Waals surface area contributed by atoms with Gasteiger partial charge in [0, 0.05) is 0 Å². The first-order valence-corrected chi connectivity index (χ1v) is 8.86. The second-order valence-corrected chi connectivity index (χ2v) is 6.81. The number of rotatable bonds is 5. The summed E-state index contributed by atoms with van der Waals surface area (Å²) in [6.45, 7) is 1.20. The molecule has 5 N–H and O–H groups in total. The lowest BCUT2D eigenvalue weighted by Gasteiger charge is -2.10. The van der Waals surface area contributed by atoms with Crippen LogP contribution >= 0.6 is 11.3 Å². The monoisotopic (exact) mass is 411 g/mol. The van der Waals surface area contributed by atoms with Crippen molar-refractivity contribution in [2.24, 2.45) is 0 Å². The average molecular weight is 411 g/mol. The van der Waals surface area contributed by atoms with E-state index in [1.165, 1.54) is 25.1 Å². The highest BCUT2D eigenvalue weighted by atomic mass is 32.1. The molecule has 0 radical (unpaired) electrons. The molecule has 0 aliphatic carbocycles.